The molecule has 45 heavy (non-hydrogen) atoms. The Labute approximate surface area is 266 Å². The van der Waals surface area contributed by atoms with Crippen LogP contribution in [-0.4, -0.2) is 50.2 Å². The van der Waals surface area contributed by atoms with E-state index in [4.69, 9.17) is 23.7 Å². The summed E-state index contributed by atoms with van der Waals surface area (Å²) in [6.07, 6.45) is 6.99. The summed E-state index contributed by atoms with van der Waals surface area (Å²) in [6, 6.07) is 24.3. The normalized spacial score (nSPS) is 18.2. The summed E-state index contributed by atoms with van der Waals surface area (Å²) in [5, 5.41) is 0.958. The highest BCUT2D eigenvalue weighted by atomic mass is 16.5. The van der Waals surface area contributed by atoms with Gasteiger partial charge in [0.25, 0.3) is 0 Å². The van der Waals surface area contributed by atoms with E-state index in [2.05, 4.69) is 41.0 Å². The zero-order chi connectivity index (χ0) is 31.0. The van der Waals surface area contributed by atoms with Gasteiger partial charge in [-0.15, -0.1) is 0 Å². The molecule has 0 saturated heterocycles. The number of esters is 1. The molecule has 0 spiro atoms. The van der Waals surface area contributed by atoms with Crippen molar-refractivity contribution in [3.63, 3.8) is 0 Å². The Kier molecular flexibility index (Phi) is 10.4. The molecule has 4 aromatic rings. The number of carbonyl (C=O) groups excluding carboxylic acids is 1. The molecule has 0 bridgehead atoms. The number of fused-ring (bicyclic) bond motifs is 1. The van der Waals surface area contributed by atoms with Crippen molar-refractivity contribution in [2.24, 2.45) is 11.8 Å². The van der Waals surface area contributed by atoms with Gasteiger partial charge in [0.1, 0.15) is 23.8 Å². The Morgan fingerprint density at radius 2 is 1.71 bits per heavy atom. The van der Waals surface area contributed by atoms with Crippen LogP contribution in [0, 0.1) is 11.8 Å². The van der Waals surface area contributed by atoms with Crippen LogP contribution in [0.4, 0.5) is 0 Å². The highest BCUT2D eigenvalue weighted by molar-refractivity contribution is 6.09. The van der Waals surface area contributed by atoms with E-state index in [1.54, 1.807) is 7.11 Å². The number of hydrogen-bond donors (Lipinski definition) is 0. The molecule has 0 radical (unpaired) electrons. The van der Waals surface area contributed by atoms with Crippen LogP contribution in [0.15, 0.2) is 72.8 Å². The Morgan fingerprint density at radius 1 is 0.867 bits per heavy atom. The van der Waals surface area contributed by atoms with Crippen molar-refractivity contribution in [2.45, 2.75) is 64.7 Å². The topological polar surface area (TPSA) is 68.2 Å². The number of ether oxygens (including phenoxy) is 5. The molecule has 2 aliphatic carbocycles. The Morgan fingerprint density at radius 3 is 2.51 bits per heavy atom. The van der Waals surface area contributed by atoms with Gasteiger partial charge in [-0.2, -0.15) is 0 Å². The van der Waals surface area contributed by atoms with E-state index >= 15 is 0 Å². The number of benzene rings is 3. The van der Waals surface area contributed by atoms with Crippen LogP contribution in [0.1, 0.15) is 61.5 Å². The predicted molar refractivity (Wildman–Crippen MR) is 176 cm³/mol. The monoisotopic (exact) mass is 611 g/mol. The van der Waals surface area contributed by atoms with Crippen molar-refractivity contribution < 1.29 is 28.5 Å². The first-order chi connectivity index (χ1) is 22.1. The summed E-state index contributed by atoms with van der Waals surface area (Å²) in [6.45, 7) is 5.04. The molecule has 7 heteroatoms. The zero-order valence-electron chi connectivity index (χ0n) is 26.5. The summed E-state index contributed by atoms with van der Waals surface area (Å²) >= 11 is 0. The predicted octanol–water partition coefficient (Wildman–Crippen LogP) is 8.07. The molecular weight excluding hydrogens is 566 g/mol. The van der Waals surface area contributed by atoms with E-state index in [-0.39, 0.29) is 12.1 Å². The fourth-order valence-electron chi connectivity index (χ4n) is 6.42. The SMILES string of the molecule is CCOC(=O)c1c(-c2cccc(OCC3CC3)c2)c2cc(OCCOCc3ccccc3)ccc2n1CC1CCCC(OC)C1. The van der Waals surface area contributed by atoms with Gasteiger partial charge < -0.3 is 28.3 Å². The number of nitrogens with zero attached hydrogens (tertiary/aromatic N) is 1. The minimum absolute atomic E-state index is 0.250. The lowest BCUT2D eigenvalue weighted by molar-refractivity contribution is 0.0454. The maximum absolute atomic E-state index is 13.8. The van der Waals surface area contributed by atoms with Gasteiger partial charge >= 0.3 is 5.97 Å². The van der Waals surface area contributed by atoms with Crippen LogP contribution < -0.4 is 9.47 Å². The second-order valence-corrected chi connectivity index (χ2v) is 12.3. The van der Waals surface area contributed by atoms with Gasteiger partial charge in [-0.3, -0.25) is 0 Å². The van der Waals surface area contributed by atoms with E-state index in [1.165, 1.54) is 12.8 Å². The molecule has 2 unspecified atom stereocenters. The maximum atomic E-state index is 13.8. The van der Waals surface area contributed by atoms with Gasteiger partial charge in [0.05, 0.1) is 32.5 Å². The highest BCUT2D eigenvalue weighted by Crippen LogP contribution is 2.40. The molecule has 0 aliphatic heterocycles. The van der Waals surface area contributed by atoms with Crippen molar-refractivity contribution in [1.29, 1.82) is 0 Å². The summed E-state index contributed by atoms with van der Waals surface area (Å²) in [5.74, 6) is 2.27. The lowest BCUT2D eigenvalue weighted by Gasteiger charge is -2.29. The van der Waals surface area contributed by atoms with Crippen molar-refractivity contribution in [3.05, 3.63) is 84.1 Å². The van der Waals surface area contributed by atoms with Gasteiger partial charge in [-0.1, -0.05) is 48.9 Å². The second kappa shape index (κ2) is 15.0. The van der Waals surface area contributed by atoms with Crippen LogP contribution in [0.3, 0.4) is 0 Å². The fourth-order valence-corrected chi connectivity index (χ4v) is 6.42. The standard InChI is InChI=1S/C38H45NO6/c1-3-43-38(40)37-36(30-12-8-14-32(22-30)45-26-28-15-16-28)34-23-33(44-20-19-42-25-27-9-5-4-6-10-27)17-18-35(34)39(37)24-29-11-7-13-31(21-29)41-2/h4-6,8-10,12,14,17-18,22-23,28-29,31H,3,7,11,13,15-16,19-21,24-26H2,1-2H3. The maximum Gasteiger partial charge on any atom is 0.355 e. The van der Waals surface area contributed by atoms with Gasteiger partial charge in [0.2, 0.25) is 0 Å². The summed E-state index contributed by atoms with van der Waals surface area (Å²) in [7, 11) is 1.80. The molecule has 3 aromatic carbocycles. The molecule has 2 saturated carbocycles. The van der Waals surface area contributed by atoms with Gasteiger partial charge in [0.15, 0.2) is 0 Å². The van der Waals surface area contributed by atoms with Crippen LogP contribution in [0.5, 0.6) is 11.5 Å². The highest BCUT2D eigenvalue weighted by Gasteiger charge is 2.29. The minimum Gasteiger partial charge on any atom is -0.493 e. The summed E-state index contributed by atoms with van der Waals surface area (Å²) in [4.78, 5) is 13.8. The lowest BCUT2D eigenvalue weighted by Crippen LogP contribution is -2.26. The van der Waals surface area contributed by atoms with Gasteiger partial charge in [-0.25, -0.2) is 4.79 Å². The van der Waals surface area contributed by atoms with Crippen LogP contribution in [0.25, 0.3) is 22.0 Å². The third-order valence-electron chi connectivity index (χ3n) is 8.93. The third kappa shape index (κ3) is 7.89. The molecule has 2 aliphatic rings. The number of hydrogen-bond acceptors (Lipinski definition) is 6. The molecular formula is C38H45NO6. The molecule has 0 amide bonds. The molecule has 238 valence electrons. The van der Waals surface area contributed by atoms with Crippen LogP contribution in [-0.2, 0) is 27.4 Å². The second-order valence-electron chi connectivity index (χ2n) is 12.3. The zero-order valence-corrected chi connectivity index (χ0v) is 26.5. The van der Waals surface area contributed by atoms with Gasteiger partial charge in [-0.05, 0) is 92.3 Å². The van der Waals surface area contributed by atoms with E-state index in [9.17, 15) is 4.79 Å². The Bertz CT molecular complexity index is 1560. The first kappa shape index (κ1) is 31.2. The van der Waals surface area contributed by atoms with Crippen molar-refractivity contribution >= 4 is 16.9 Å². The smallest absolute Gasteiger partial charge is 0.355 e. The average Bonchev–Trinajstić information content (AvgIpc) is 3.85. The molecule has 2 fully saturated rings. The number of carbonyl (C=O) groups is 1. The first-order valence-corrected chi connectivity index (χ1v) is 16.5. The fraction of sp³-hybridized carbons (Fsp3) is 0.447. The van der Waals surface area contributed by atoms with E-state index in [0.717, 1.165) is 77.9 Å². The van der Waals surface area contributed by atoms with Crippen LogP contribution in [0.2, 0.25) is 0 Å². The first-order valence-electron chi connectivity index (χ1n) is 16.5. The quantitative estimate of drug-likeness (QED) is 0.100. The van der Waals surface area contributed by atoms with Crippen molar-refractivity contribution in [3.8, 4) is 22.6 Å². The van der Waals surface area contributed by atoms with E-state index < -0.39 is 0 Å². The average molecular weight is 612 g/mol. The molecule has 7 nitrogen and oxygen atoms in total. The Hall–Kier alpha value is -3.81. The lowest BCUT2D eigenvalue weighted by atomic mass is 9.87. The van der Waals surface area contributed by atoms with Crippen LogP contribution >= 0.6 is 0 Å². The van der Waals surface area contributed by atoms with Gasteiger partial charge in [0, 0.05) is 30.1 Å². The van der Waals surface area contributed by atoms with Crippen molar-refractivity contribution in [2.75, 3.05) is 33.5 Å². The number of rotatable bonds is 15. The third-order valence-corrected chi connectivity index (χ3v) is 8.93. The largest absolute Gasteiger partial charge is 0.493 e. The van der Waals surface area contributed by atoms with E-state index in [1.807, 2.05) is 43.3 Å². The number of methoxy groups -OCH3 is 1. The van der Waals surface area contributed by atoms with E-state index in [0.29, 0.717) is 44.0 Å². The number of aromatic nitrogens is 1. The molecule has 1 heterocycles. The molecule has 2 atom stereocenters. The van der Waals surface area contributed by atoms with Crippen molar-refractivity contribution in [1.82, 2.24) is 4.57 Å². The minimum atomic E-state index is -0.316. The molecule has 0 N–H and O–H groups in total. The molecule has 1 aromatic heterocycles. The molecule has 6 rings (SSSR count). The summed E-state index contributed by atoms with van der Waals surface area (Å²) < 4.78 is 31.8. The Balaban J connectivity index is 1.33. The summed E-state index contributed by atoms with van der Waals surface area (Å²) in [5.41, 5.74) is 4.48.